The van der Waals surface area contributed by atoms with Gasteiger partial charge >= 0.3 is 0 Å². The molecule has 18 heavy (non-hydrogen) atoms. The van der Waals surface area contributed by atoms with Crippen LogP contribution in [0.5, 0.6) is 11.6 Å². The summed E-state index contributed by atoms with van der Waals surface area (Å²) in [5.41, 5.74) is 1.36. The van der Waals surface area contributed by atoms with E-state index in [0.29, 0.717) is 22.2 Å². The van der Waals surface area contributed by atoms with E-state index in [9.17, 15) is 0 Å². The van der Waals surface area contributed by atoms with Crippen LogP contribution in [-0.2, 0) is 7.05 Å². The van der Waals surface area contributed by atoms with Gasteiger partial charge < -0.3 is 9.94 Å². The van der Waals surface area contributed by atoms with Crippen LogP contribution in [0, 0.1) is 6.92 Å². The van der Waals surface area contributed by atoms with Crippen molar-refractivity contribution in [1.82, 2.24) is 9.78 Å². The smallest absolute Gasteiger partial charge is 0.226 e. The van der Waals surface area contributed by atoms with Gasteiger partial charge in [0.25, 0.3) is 0 Å². The average Bonchev–Trinajstić information content (AvgIpc) is 2.59. The van der Waals surface area contributed by atoms with Gasteiger partial charge in [-0.2, -0.15) is 5.10 Å². The molecular formula is C12H12ClN3O2. The van der Waals surface area contributed by atoms with Gasteiger partial charge in [-0.1, -0.05) is 16.8 Å². The Hall–Kier alpha value is -2.01. The fraction of sp³-hybridized carbons (Fsp3) is 0.167. The Morgan fingerprint density at radius 3 is 2.67 bits per heavy atom. The highest BCUT2D eigenvalue weighted by atomic mass is 35.5. The Kier molecular flexibility index (Phi) is 3.53. The molecule has 0 atom stereocenters. The molecule has 0 aliphatic carbocycles. The molecule has 0 spiro atoms. The number of rotatable bonds is 3. The summed E-state index contributed by atoms with van der Waals surface area (Å²) in [7, 11) is 1.76. The Morgan fingerprint density at radius 2 is 2.06 bits per heavy atom. The Labute approximate surface area is 109 Å². The summed E-state index contributed by atoms with van der Waals surface area (Å²) in [6.45, 7) is 1.81. The molecule has 1 N–H and O–H groups in total. The molecule has 0 saturated heterocycles. The van der Waals surface area contributed by atoms with Crippen molar-refractivity contribution in [2.75, 3.05) is 0 Å². The lowest BCUT2D eigenvalue weighted by Gasteiger charge is -2.06. The van der Waals surface area contributed by atoms with E-state index in [-0.39, 0.29) is 0 Å². The molecule has 0 amide bonds. The van der Waals surface area contributed by atoms with Crippen molar-refractivity contribution in [3.63, 3.8) is 0 Å². The zero-order valence-electron chi connectivity index (χ0n) is 9.96. The summed E-state index contributed by atoms with van der Waals surface area (Å²) >= 11 is 5.80. The Bertz CT molecular complexity index is 576. The standard InChI is InChI=1S/C12H12ClN3O2/c1-8-11(7-14-17)12(16(2)15-8)18-10-5-3-9(13)4-6-10/h3-7,17H,1-2H3. The molecule has 0 unspecified atom stereocenters. The van der Waals surface area contributed by atoms with Crippen LogP contribution < -0.4 is 4.74 Å². The minimum Gasteiger partial charge on any atom is -0.439 e. The van der Waals surface area contributed by atoms with Crippen LogP contribution in [0.4, 0.5) is 0 Å². The van der Waals surface area contributed by atoms with Gasteiger partial charge in [0.05, 0.1) is 17.5 Å². The van der Waals surface area contributed by atoms with E-state index in [1.165, 1.54) is 6.21 Å². The van der Waals surface area contributed by atoms with Gasteiger partial charge in [0.15, 0.2) is 0 Å². The molecule has 1 heterocycles. The largest absolute Gasteiger partial charge is 0.439 e. The van der Waals surface area contributed by atoms with Crippen LogP contribution in [0.2, 0.25) is 5.02 Å². The van der Waals surface area contributed by atoms with Crippen LogP contribution in [0.3, 0.4) is 0 Å². The van der Waals surface area contributed by atoms with Crippen molar-refractivity contribution in [1.29, 1.82) is 0 Å². The lowest BCUT2D eigenvalue weighted by atomic mass is 10.3. The Balaban J connectivity index is 2.36. The van der Waals surface area contributed by atoms with Gasteiger partial charge in [-0.3, -0.25) is 0 Å². The molecule has 5 nitrogen and oxygen atoms in total. The lowest BCUT2D eigenvalue weighted by Crippen LogP contribution is -1.96. The lowest BCUT2D eigenvalue weighted by molar-refractivity contribution is 0.321. The summed E-state index contributed by atoms with van der Waals surface area (Å²) in [4.78, 5) is 0. The fourth-order valence-corrected chi connectivity index (χ4v) is 1.72. The molecule has 2 aromatic rings. The summed E-state index contributed by atoms with van der Waals surface area (Å²) < 4.78 is 7.29. The third-order valence-corrected chi connectivity index (χ3v) is 2.68. The molecule has 0 radical (unpaired) electrons. The van der Waals surface area contributed by atoms with Gasteiger partial charge in [-0.05, 0) is 31.2 Å². The molecule has 0 aliphatic heterocycles. The number of ether oxygens (including phenoxy) is 1. The zero-order chi connectivity index (χ0) is 13.1. The third kappa shape index (κ3) is 2.46. The second kappa shape index (κ2) is 5.10. The van der Waals surface area contributed by atoms with Crippen LogP contribution >= 0.6 is 11.6 Å². The molecule has 0 bridgehead atoms. The highest BCUT2D eigenvalue weighted by Crippen LogP contribution is 2.26. The van der Waals surface area contributed by atoms with Crippen molar-refractivity contribution in [3.05, 3.63) is 40.5 Å². The van der Waals surface area contributed by atoms with Crippen molar-refractivity contribution >= 4 is 17.8 Å². The first-order valence-electron chi connectivity index (χ1n) is 5.26. The molecule has 94 valence electrons. The highest BCUT2D eigenvalue weighted by molar-refractivity contribution is 6.30. The zero-order valence-corrected chi connectivity index (χ0v) is 10.7. The summed E-state index contributed by atoms with van der Waals surface area (Å²) in [5, 5.41) is 16.5. The van der Waals surface area contributed by atoms with Crippen molar-refractivity contribution < 1.29 is 9.94 Å². The van der Waals surface area contributed by atoms with Crippen molar-refractivity contribution in [2.24, 2.45) is 12.2 Å². The number of oxime groups is 1. The summed E-state index contributed by atoms with van der Waals surface area (Å²) in [6.07, 6.45) is 1.30. The summed E-state index contributed by atoms with van der Waals surface area (Å²) in [6, 6.07) is 6.98. The predicted molar refractivity (Wildman–Crippen MR) is 68.9 cm³/mol. The fourth-order valence-electron chi connectivity index (χ4n) is 1.60. The number of aryl methyl sites for hydroxylation is 2. The second-order valence-corrected chi connectivity index (χ2v) is 4.16. The third-order valence-electron chi connectivity index (χ3n) is 2.43. The number of hydrogen-bond donors (Lipinski definition) is 1. The van der Waals surface area contributed by atoms with E-state index >= 15 is 0 Å². The molecular weight excluding hydrogens is 254 g/mol. The topological polar surface area (TPSA) is 59.6 Å². The normalized spacial score (nSPS) is 11.1. The molecule has 6 heteroatoms. The van der Waals surface area contributed by atoms with Crippen molar-refractivity contribution in [3.8, 4) is 11.6 Å². The quantitative estimate of drug-likeness (QED) is 0.527. The molecule has 2 rings (SSSR count). The SMILES string of the molecule is Cc1nn(C)c(Oc2ccc(Cl)cc2)c1C=NO. The van der Waals surface area contributed by atoms with Gasteiger partial charge in [-0.15, -0.1) is 0 Å². The van der Waals surface area contributed by atoms with E-state index in [4.69, 9.17) is 21.5 Å². The van der Waals surface area contributed by atoms with Crippen molar-refractivity contribution in [2.45, 2.75) is 6.92 Å². The van der Waals surface area contributed by atoms with Gasteiger partial charge in [0, 0.05) is 12.1 Å². The summed E-state index contributed by atoms with van der Waals surface area (Å²) in [5.74, 6) is 1.14. The molecule has 0 aliphatic rings. The highest BCUT2D eigenvalue weighted by Gasteiger charge is 2.14. The molecule has 1 aromatic heterocycles. The maximum Gasteiger partial charge on any atom is 0.226 e. The molecule has 0 saturated carbocycles. The maximum absolute atomic E-state index is 8.64. The number of aromatic nitrogens is 2. The van der Waals surface area contributed by atoms with Crippen LogP contribution in [0.25, 0.3) is 0 Å². The average molecular weight is 266 g/mol. The number of hydrogen-bond acceptors (Lipinski definition) is 4. The minimum atomic E-state index is 0.507. The second-order valence-electron chi connectivity index (χ2n) is 3.73. The van der Waals surface area contributed by atoms with E-state index < -0.39 is 0 Å². The van der Waals surface area contributed by atoms with Crippen LogP contribution in [0.1, 0.15) is 11.3 Å². The van der Waals surface area contributed by atoms with Gasteiger partial charge in [-0.25, -0.2) is 4.68 Å². The number of nitrogens with zero attached hydrogens (tertiary/aromatic N) is 3. The Morgan fingerprint density at radius 1 is 1.39 bits per heavy atom. The predicted octanol–water partition coefficient (Wildman–Crippen LogP) is 2.98. The monoisotopic (exact) mass is 265 g/mol. The van der Waals surface area contributed by atoms with Crippen LogP contribution in [0.15, 0.2) is 29.4 Å². The van der Waals surface area contributed by atoms with E-state index in [1.54, 1.807) is 36.0 Å². The maximum atomic E-state index is 8.64. The molecule has 1 aromatic carbocycles. The molecule has 0 fully saturated rings. The van der Waals surface area contributed by atoms with E-state index in [2.05, 4.69) is 10.3 Å². The van der Waals surface area contributed by atoms with E-state index in [1.807, 2.05) is 6.92 Å². The van der Waals surface area contributed by atoms with Gasteiger partial charge in [0.2, 0.25) is 5.88 Å². The first-order chi connectivity index (χ1) is 8.61. The number of halogens is 1. The van der Waals surface area contributed by atoms with Gasteiger partial charge in [0.1, 0.15) is 5.75 Å². The van der Waals surface area contributed by atoms with E-state index in [0.717, 1.165) is 5.69 Å². The number of benzene rings is 1. The van der Waals surface area contributed by atoms with Crippen LogP contribution in [-0.4, -0.2) is 21.2 Å². The first kappa shape index (κ1) is 12.4. The minimum absolute atomic E-state index is 0.507. The first-order valence-corrected chi connectivity index (χ1v) is 5.64.